The fourth-order valence-corrected chi connectivity index (χ4v) is 3.65. The number of pyridine rings is 2. The maximum Gasteiger partial charge on any atom is 0.328 e. The number of nitrogens with zero attached hydrogens (tertiary/aromatic N) is 4. The largest absolute Gasteiger partial charge is 0.480 e. The first-order chi connectivity index (χ1) is 13.2. The molecule has 0 aliphatic carbocycles. The van der Waals surface area contributed by atoms with Crippen molar-refractivity contribution < 1.29 is 9.53 Å². The number of aromatic nitrogens is 4. The van der Waals surface area contributed by atoms with Crippen molar-refractivity contribution >= 4 is 46.1 Å². The molecule has 0 unspecified atom stereocenters. The van der Waals surface area contributed by atoms with E-state index in [1.807, 2.05) is 12.1 Å². The van der Waals surface area contributed by atoms with E-state index < -0.39 is 0 Å². The number of methoxy groups -OCH3 is 1. The van der Waals surface area contributed by atoms with E-state index in [1.165, 1.54) is 10.9 Å². The first-order valence-electron chi connectivity index (χ1n) is 8.41. The van der Waals surface area contributed by atoms with Crippen LogP contribution in [0.25, 0.3) is 11.2 Å². The van der Waals surface area contributed by atoms with Crippen molar-refractivity contribution in [1.82, 2.24) is 24.8 Å². The van der Waals surface area contributed by atoms with Gasteiger partial charge in [-0.1, -0.05) is 0 Å². The van der Waals surface area contributed by atoms with E-state index in [4.69, 9.17) is 4.74 Å². The number of hydrogen-bond acceptors (Lipinski definition) is 8. The molecule has 10 heteroatoms. The third kappa shape index (κ3) is 3.35. The summed E-state index contributed by atoms with van der Waals surface area (Å²) >= 11 is 1.72. The number of nitrogens with one attached hydrogen (secondary N) is 3. The van der Waals surface area contributed by atoms with Gasteiger partial charge in [-0.05, 0) is 11.6 Å². The molecule has 0 saturated carbocycles. The van der Waals surface area contributed by atoms with Crippen LogP contribution in [-0.2, 0) is 5.75 Å². The van der Waals surface area contributed by atoms with E-state index in [0.29, 0.717) is 29.4 Å². The molecule has 3 aromatic heterocycles. The summed E-state index contributed by atoms with van der Waals surface area (Å²) in [5, 5.41) is 9.27. The number of amides is 1. The second kappa shape index (κ2) is 7.31. The molecule has 1 aliphatic heterocycles. The first kappa shape index (κ1) is 17.4. The van der Waals surface area contributed by atoms with Gasteiger partial charge in [0.2, 0.25) is 5.88 Å². The molecule has 4 bridgehead atoms. The summed E-state index contributed by atoms with van der Waals surface area (Å²) in [5.41, 5.74) is 3.64. The van der Waals surface area contributed by atoms with Crippen molar-refractivity contribution in [2.75, 3.05) is 37.1 Å². The smallest absolute Gasteiger partial charge is 0.328 e. The third-order valence-electron chi connectivity index (χ3n) is 4.15. The minimum absolute atomic E-state index is 0.250. The molecule has 140 valence electrons. The number of anilines is 3. The van der Waals surface area contributed by atoms with Gasteiger partial charge in [0.15, 0.2) is 5.65 Å². The van der Waals surface area contributed by atoms with Crippen LogP contribution in [0.1, 0.15) is 5.56 Å². The van der Waals surface area contributed by atoms with E-state index >= 15 is 0 Å². The normalized spacial score (nSPS) is 14.4. The molecule has 0 fully saturated rings. The Kier molecular flexibility index (Phi) is 4.71. The zero-order valence-corrected chi connectivity index (χ0v) is 15.8. The van der Waals surface area contributed by atoms with Crippen molar-refractivity contribution in [2.45, 2.75) is 5.75 Å². The van der Waals surface area contributed by atoms with Crippen molar-refractivity contribution in [3.8, 4) is 5.88 Å². The minimum atomic E-state index is -0.250. The van der Waals surface area contributed by atoms with E-state index in [1.54, 1.807) is 32.1 Å². The number of carbonyl (C=O) groups excluding carboxylic acids is 1. The summed E-state index contributed by atoms with van der Waals surface area (Å²) < 4.78 is 6.79. The Balaban J connectivity index is 1.87. The third-order valence-corrected chi connectivity index (χ3v) is 5.18. The van der Waals surface area contributed by atoms with Crippen molar-refractivity contribution in [2.24, 2.45) is 0 Å². The van der Waals surface area contributed by atoms with Crippen LogP contribution >= 0.6 is 11.8 Å². The fraction of sp³-hybridized carbons (Fsp3) is 0.294. The van der Waals surface area contributed by atoms with Gasteiger partial charge in [-0.2, -0.15) is 11.8 Å². The van der Waals surface area contributed by atoms with Crippen LogP contribution in [0.2, 0.25) is 0 Å². The highest BCUT2D eigenvalue weighted by Gasteiger charge is 2.17. The first-order valence-corrected chi connectivity index (χ1v) is 9.57. The predicted molar refractivity (Wildman–Crippen MR) is 106 cm³/mol. The lowest BCUT2D eigenvalue weighted by Gasteiger charge is -2.14. The molecular formula is C17H19N7O2S. The van der Waals surface area contributed by atoms with Gasteiger partial charge in [0.25, 0.3) is 0 Å². The average Bonchev–Trinajstić information content (AvgIpc) is 3.10. The highest BCUT2D eigenvalue weighted by atomic mass is 32.2. The maximum absolute atomic E-state index is 12.5. The van der Waals surface area contributed by atoms with Gasteiger partial charge in [0.05, 0.1) is 12.8 Å². The van der Waals surface area contributed by atoms with Crippen LogP contribution in [0, 0.1) is 0 Å². The highest BCUT2D eigenvalue weighted by Crippen LogP contribution is 2.30. The summed E-state index contributed by atoms with van der Waals surface area (Å²) in [4.78, 5) is 25.8. The standard InChI is InChI=1S/C17H19N7O2S/c1-18-11-6-13-22-12-5-10(7-20-16(12)26-2)8-27-4-3-19-17(25)24-9-21-14(11)15(24)23-13/h5-7,9H,3-4,8H2,1-2H3,(H,19,25)(H2,18,22,23). The highest BCUT2D eigenvalue weighted by molar-refractivity contribution is 7.98. The molecule has 1 aliphatic rings. The zero-order valence-electron chi connectivity index (χ0n) is 14.9. The lowest BCUT2D eigenvalue weighted by Crippen LogP contribution is -2.30. The Morgan fingerprint density at radius 2 is 2.22 bits per heavy atom. The number of imidazole rings is 1. The topological polar surface area (TPSA) is 106 Å². The van der Waals surface area contributed by atoms with E-state index in [0.717, 1.165) is 28.4 Å². The number of ether oxygens (including phenoxy) is 1. The van der Waals surface area contributed by atoms with Crippen LogP contribution in [0.4, 0.5) is 22.0 Å². The Morgan fingerprint density at radius 3 is 3.04 bits per heavy atom. The lowest BCUT2D eigenvalue weighted by atomic mass is 10.2. The van der Waals surface area contributed by atoms with Crippen LogP contribution in [0.3, 0.4) is 0 Å². The average molecular weight is 385 g/mol. The van der Waals surface area contributed by atoms with Crippen LogP contribution in [0.15, 0.2) is 24.7 Å². The Hall–Kier alpha value is -3.01. The molecule has 0 spiro atoms. The van der Waals surface area contributed by atoms with Gasteiger partial charge >= 0.3 is 6.03 Å². The molecule has 3 N–H and O–H groups in total. The van der Waals surface area contributed by atoms with Crippen molar-refractivity contribution in [3.63, 3.8) is 0 Å². The molecule has 0 aromatic carbocycles. The zero-order chi connectivity index (χ0) is 18.8. The molecule has 9 nitrogen and oxygen atoms in total. The van der Waals surface area contributed by atoms with Gasteiger partial charge in [-0.15, -0.1) is 0 Å². The molecule has 1 amide bonds. The molecule has 4 heterocycles. The van der Waals surface area contributed by atoms with Crippen molar-refractivity contribution in [1.29, 1.82) is 0 Å². The monoisotopic (exact) mass is 385 g/mol. The van der Waals surface area contributed by atoms with Crippen LogP contribution < -0.4 is 20.7 Å². The van der Waals surface area contributed by atoms with Crippen LogP contribution in [-0.4, -0.2) is 52.0 Å². The molecule has 27 heavy (non-hydrogen) atoms. The Morgan fingerprint density at radius 1 is 1.33 bits per heavy atom. The predicted octanol–water partition coefficient (Wildman–Crippen LogP) is 2.42. The summed E-state index contributed by atoms with van der Waals surface area (Å²) in [5.74, 6) is 2.61. The van der Waals surface area contributed by atoms with Crippen molar-refractivity contribution in [3.05, 3.63) is 30.2 Å². The van der Waals surface area contributed by atoms with Gasteiger partial charge in [0.1, 0.15) is 23.3 Å². The fourth-order valence-electron chi connectivity index (χ4n) is 2.86. The van der Waals surface area contributed by atoms with Crippen LogP contribution in [0.5, 0.6) is 5.88 Å². The molecule has 3 aromatic rings. The quantitative estimate of drug-likeness (QED) is 0.618. The second-order valence-electron chi connectivity index (χ2n) is 5.90. The molecule has 0 radical (unpaired) electrons. The number of thioether (sulfide) groups is 1. The lowest BCUT2D eigenvalue weighted by molar-refractivity contribution is 0.243. The second-order valence-corrected chi connectivity index (χ2v) is 7.01. The summed E-state index contributed by atoms with van der Waals surface area (Å²) in [6.07, 6.45) is 3.28. The SMILES string of the molecule is CNc1cc2nc3c1ncn3C(=O)NCCSCc1cnc(OC)c(c1)N2. The molecular weight excluding hydrogens is 366 g/mol. The van der Waals surface area contributed by atoms with E-state index in [-0.39, 0.29) is 6.03 Å². The van der Waals surface area contributed by atoms with E-state index in [9.17, 15) is 4.79 Å². The van der Waals surface area contributed by atoms with Gasteiger partial charge in [-0.25, -0.2) is 24.3 Å². The molecule has 4 rings (SSSR count). The number of carbonyl (C=O) groups is 1. The maximum atomic E-state index is 12.5. The minimum Gasteiger partial charge on any atom is -0.480 e. The van der Waals surface area contributed by atoms with Gasteiger partial charge in [-0.3, -0.25) is 0 Å². The Labute approximate surface area is 159 Å². The van der Waals surface area contributed by atoms with Gasteiger partial charge in [0, 0.05) is 37.4 Å². The molecule has 0 saturated heterocycles. The van der Waals surface area contributed by atoms with Gasteiger partial charge < -0.3 is 20.7 Å². The number of hydrogen-bond donors (Lipinski definition) is 3. The number of fused-ring (bicyclic) bond motifs is 3. The number of rotatable bonds is 2. The Bertz CT molecular complexity index is 1000. The summed E-state index contributed by atoms with van der Waals surface area (Å²) in [6.45, 7) is 0.552. The van der Waals surface area contributed by atoms with E-state index in [2.05, 4.69) is 30.9 Å². The molecule has 0 atom stereocenters. The summed E-state index contributed by atoms with van der Waals surface area (Å²) in [7, 11) is 3.38. The summed E-state index contributed by atoms with van der Waals surface area (Å²) in [6, 6.07) is 3.59.